The number of rotatable bonds is 7. The fraction of sp³-hybridized carbons (Fsp3) is 0.727. The summed E-state index contributed by atoms with van der Waals surface area (Å²) in [6.45, 7) is 23.8. The number of aromatic carboxylic acids is 1. The lowest BCUT2D eigenvalue weighted by atomic mass is 9.32. The zero-order chi connectivity index (χ0) is 35.0. The Bertz CT molecular complexity index is 1500. The van der Waals surface area contributed by atoms with E-state index in [1.807, 2.05) is 12.1 Å². The standard InChI is InChI=1S/C44H64N2O3/c1-29(2)32-17-22-44(39(49)45-25-28-46-26-9-8-10-27-46)24-23-42(6)34(37(32)44)15-16-36-41(5)20-18-33(30-11-13-31(14-12-30)38(47)48)40(3,4)35(41)19-21-43(36,42)7/h11-14,18,32,34-37H,1,8-10,15-17,19-28H2,2-7H3,(H,45,49)(H,47,48)/t32-,34+,35-,36+,37+,41-,42+,43+,44-/m0/s1. The van der Waals surface area contributed by atoms with Gasteiger partial charge in [-0.1, -0.05) is 71.4 Å². The maximum absolute atomic E-state index is 14.5. The van der Waals surface area contributed by atoms with Crippen LogP contribution in [0.3, 0.4) is 0 Å². The van der Waals surface area contributed by atoms with Crippen molar-refractivity contribution >= 4 is 17.4 Å². The quantitative estimate of drug-likeness (QED) is 0.284. The van der Waals surface area contributed by atoms with Crippen molar-refractivity contribution in [1.29, 1.82) is 0 Å². The normalized spacial score (nSPS) is 41.3. The van der Waals surface area contributed by atoms with Crippen molar-refractivity contribution in [2.45, 2.75) is 119 Å². The Morgan fingerprint density at radius 2 is 1.59 bits per heavy atom. The molecule has 7 rings (SSSR count). The molecule has 0 spiro atoms. The Balaban J connectivity index is 1.16. The van der Waals surface area contributed by atoms with Gasteiger partial charge in [-0.15, -0.1) is 0 Å². The maximum Gasteiger partial charge on any atom is 0.335 e. The molecule has 5 aliphatic carbocycles. The summed E-state index contributed by atoms with van der Waals surface area (Å²) in [5.74, 6) is 2.08. The van der Waals surface area contributed by atoms with Crippen molar-refractivity contribution in [2.24, 2.45) is 56.7 Å². The molecule has 1 heterocycles. The van der Waals surface area contributed by atoms with E-state index in [0.717, 1.165) is 45.2 Å². The van der Waals surface area contributed by atoms with Crippen LogP contribution in [0.4, 0.5) is 0 Å². The van der Waals surface area contributed by atoms with E-state index in [-0.39, 0.29) is 27.1 Å². The van der Waals surface area contributed by atoms with Crippen molar-refractivity contribution in [1.82, 2.24) is 10.2 Å². The van der Waals surface area contributed by atoms with Gasteiger partial charge in [-0.25, -0.2) is 4.79 Å². The molecular formula is C44H64N2O3. The first-order chi connectivity index (χ1) is 23.2. The molecule has 0 bridgehead atoms. The van der Waals surface area contributed by atoms with E-state index in [2.05, 4.69) is 64.4 Å². The van der Waals surface area contributed by atoms with Gasteiger partial charge in [-0.2, -0.15) is 0 Å². The van der Waals surface area contributed by atoms with E-state index >= 15 is 0 Å². The van der Waals surface area contributed by atoms with Crippen LogP contribution < -0.4 is 5.32 Å². The third-order valence-corrected chi connectivity index (χ3v) is 16.7. The molecular weight excluding hydrogens is 604 g/mol. The second-order valence-electron chi connectivity index (χ2n) is 18.9. The number of carbonyl (C=O) groups excluding carboxylic acids is 1. The molecule has 5 heteroatoms. The SMILES string of the molecule is C=C(C)[C@@H]1CC[C@]2(C(=O)NCCN3CCCCC3)CC[C@]3(C)[C@H](CC[C@@H]4[C@@]5(C)CC=C(c6ccc(C(=O)O)cc6)C(C)(C)[C@@H]5CC[C@]43C)[C@@H]12. The molecule has 1 aliphatic heterocycles. The monoisotopic (exact) mass is 668 g/mol. The highest BCUT2D eigenvalue weighted by Gasteiger charge is 2.71. The molecule has 0 unspecified atom stereocenters. The highest BCUT2D eigenvalue weighted by molar-refractivity contribution is 5.88. The first-order valence-corrected chi connectivity index (χ1v) is 19.9. The van der Waals surface area contributed by atoms with E-state index in [0.29, 0.717) is 41.1 Å². The predicted molar refractivity (Wildman–Crippen MR) is 199 cm³/mol. The predicted octanol–water partition coefficient (Wildman–Crippen LogP) is 9.64. The molecule has 1 aromatic carbocycles. The fourth-order valence-electron chi connectivity index (χ4n) is 14.1. The van der Waals surface area contributed by atoms with Gasteiger partial charge < -0.3 is 15.3 Å². The average molecular weight is 669 g/mol. The smallest absolute Gasteiger partial charge is 0.335 e. The molecule has 49 heavy (non-hydrogen) atoms. The summed E-state index contributed by atoms with van der Waals surface area (Å²) in [5, 5.41) is 13.0. The zero-order valence-corrected chi connectivity index (χ0v) is 31.5. The number of fused-ring (bicyclic) bond motifs is 7. The van der Waals surface area contributed by atoms with Gasteiger partial charge in [0.1, 0.15) is 0 Å². The van der Waals surface area contributed by atoms with Crippen LogP contribution in [0, 0.1) is 56.7 Å². The molecule has 1 saturated heterocycles. The minimum absolute atomic E-state index is 0.00132. The Hall–Kier alpha value is -2.40. The molecule has 0 aromatic heterocycles. The molecule has 1 amide bonds. The summed E-state index contributed by atoms with van der Waals surface area (Å²) >= 11 is 0. The van der Waals surface area contributed by atoms with E-state index in [1.165, 1.54) is 74.7 Å². The van der Waals surface area contributed by atoms with Crippen molar-refractivity contribution in [2.75, 3.05) is 26.2 Å². The molecule has 0 radical (unpaired) electrons. The van der Waals surface area contributed by atoms with Gasteiger partial charge in [-0.05, 0) is 165 Å². The van der Waals surface area contributed by atoms with E-state index in [9.17, 15) is 14.7 Å². The van der Waals surface area contributed by atoms with Gasteiger partial charge in [0, 0.05) is 13.1 Å². The van der Waals surface area contributed by atoms with Crippen LogP contribution in [0.25, 0.3) is 5.57 Å². The van der Waals surface area contributed by atoms with Crippen LogP contribution in [0.15, 0.2) is 42.5 Å². The number of nitrogens with zero attached hydrogens (tertiary/aromatic N) is 1. The van der Waals surface area contributed by atoms with Crippen LogP contribution in [-0.2, 0) is 4.79 Å². The molecule has 5 fully saturated rings. The number of amides is 1. The van der Waals surface area contributed by atoms with Crippen molar-refractivity contribution < 1.29 is 14.7 Å². The van der Waals surface area contributed by atoms with Gasteiger partial charge in [0.2, 0.25) is 5.91 Å². The van der Waals surface area contributed by atoms with Crippen molar-refractivity contribution in [3.8, 4) is 0 Å². The summed E-state index contributed by atoms with van der Waals surface area (Å²) in [6.07, 6.45) is 16.8. The Morgan fingerprint density at radius 3 is 2.27 bits per heavy atom. The first kappa shape index (κ1) is 35.0. The first-order valence-electron chi connectivity index (χ1n) is 19.9. The second kappa shape index (κ2) is 12.4. The molecule has 6 aliphatic rings. The third kappa shape index (κ3) is 5.24. The van der Waals surface area contributed by atoms with Gasteiger partial charge in [0.15, 0.2) is 0 Å². The number of likely N-dealkylation sites (tertiary alicyclic amines) is 1. The number of hydrogen-bond acceptors (Lipinski definition) is 3. The van der Waals surface area contributed by atoms with Crippen molar-refractivity contribution in [3.63, 3.8) is 0 Å². The molecule has 268 valence electrons. The topological polar surface area (TPSA) is 69.6 Å². The summed E-state index contributed by atoms with van der Waals surface area (Å²) in [4.78, 5) is 28.6. The number of allylic oxidation sites excluding steroid dienone is 3. The average Bonchev–Trinajstić information content (AvgIpc) is 3.47. The number of benzene rings is 1. The van der Waals surface area contributed by atoms with Gasteiger partial charge in [0.25, 0.3) is 0 Å². The highest BCUT2D eigenvalue weighted by Crippen LogP contribution is 2.77. The van der Waals surface area contributed by atoms with Gasteiger partial charge in [-0.3, -0.25) is 4.79 Å². The highest BCUT2D eigenvalue weighted by atomic mass is 16.4. The summed E-state index contributed by atoms with van der Waals surface area (Å²) in [6, 6.07) is 7.58. The second-order valence-corrected chi connectivity index (χ2v) is 18.9. The molecule has 4 saturated carbocycles. The lowest BCUT2D eigenvalue weighted by Gasteiger charge is -2.72. The summed E-state index contributed by atoms with van der Waals surface area (Å²) in [7, 11) is 0. The molecule has 2 N–H and O–H groups in total. The zero-order valence-electron chi connectivity index (χ0n) is 31.5. The van der Waals surface area contributed by atoms with Gasteiger partial charge >= 0.3 is 5.97 Å². The lowest BCUT2D eigenvalue weighted by Crippen LogP contribution is -2.66. The van der Waals surface area contributed by atoms with Crippen molar-refractivity contribution in [3.05, 3.63) is 53.6 Å². The largest absolute Gasteiger partial charge is 0.478 e. The van der Waals surface area contributed by atoms with E-state index in [4.69, 9.17) is 0 Å². The Labute approximate surface area is 296 Å². The number of carbonyl (C=O) groups is 2. The number of nitrogens with one attached hydrogen (secondary N) is 1. The molecule has 5 nitrogen and oxygen atoms in total. The number of piperidine rings is 1. The number of carboxylic acid groups (broad SMARTS) is 1. The third-order valence-electron chi connectivity index (χ3n) is 16.7. The molecule has 1 aromatic rings. The van der Waals surface area contributed by atoms with Crippen LogP contribution >= 0.6 is 0 Å². The van der Waals surface area contributed by atoms with Crippen LogP contribution in [0.5, 0.6) is 0 Å². The van der Waals surface area contributed by atoms with E-state index < -0.39 is 5.97 Å². The number of carboxylic acids is 1. The van der Waals surface area contributed by atoms with Crippen LogP contribution in [0.1, 0.15) is 135 Å². The van der Waals surface area contributed by atoms with Gasteiger partial charge in [0.05, 0.1) is 11.0 Å². The lowest BCUT2D eigenvalue weighted by molar-refractivity contribution is -0.225. The van der Waals surface area contributed by atoms with Crippen LogP contribution in [-0.4, -0.2) is 48.1 Å². The minimum Gasteiger partial charge on any atom is -0.478 e. The van der Waals surface area contributed by atoms with E-state index in [1.54, 1.807) is 12.1 Å². The minimum atomic E-state index is -0.868. The summed E-state index contributed by atoms with van der Waals surface area (Å²) < 4.78 is 0. The Kier molecular flexibility index (Phi) is 8.85. The summed E-state index contributed by atoms with van der Waals surface area (Å²) in [5.41, 5.74) is 4.59. The maximum atomic E-state index is 14.5. The Morgan fingerprint density at radius 1 is 0.878 bits per heavy atom. The molecule has 9 atom stereocenters. The van der Waals surface area contributed by atoms with Crippen LogP contribution in [0.2, 0.25) is 0 Å². The fourth-order valence-corrected chi connectivity index (χ4v) is 14.1. The number of hydrogen-bond donors (Lipinski definition) is 2.